The molecule has 0 aliphatic carbocycles. The van der Waals surface area contributed by atoms with Crippen molar-refractivity contribution in [2.75, 3.05) is 38.2 Å². The normalized spacial score (nSPS) is 11.9. The van der Waals surface area contributed by atoms with Crippen LogP contribution in [0.1, 0.15) is 11.3 Å². The van der Waals surface area contributed by atoms with Crippen LogP contribution in [0.4, 0.5) is 0 Å². The summed E-state index contributed by atoms with van der Waals surface area (Å²) in [5.74, 6) is 3.40. The van der Waals surface area contributed by atoms with Crippen molar-refractivity contribution in [3.8, 4) is 34.1 Å². The first-order chi connectivity index (χ1) is 17.8. The molecule has 0 radical (unpaired) electrons. The van der Waals surface area contributed by atoms with Gasteiger partial charge in [-0.25, -0.2) is 15.0 Å². The van der Waals surface area contributed by atoms with Gasteiger partial charge in [-0.15, -0.1) is 0 Å². The highest BCUT2D eigenvalue weighted by atomic mass is 32.3. The van der Waals surface area contributed by atoms with Crippen LogP contribution in [-0.2, 0) is 24.7 Å². The van der Waals surface area contributed by atoms with Crippen LogP contribution >= 0.6 is 10.0 Å². The van der Waals surface area contributed by atoms with E-state index in [2.05, 4.69) is 28.7 Å². The predicted octanol–water partition coefficient (Wildman–Crippen LogP) is 5.36. The smallest absolute Gasteiger partial charge is 0.143 e. The molecule has 0 aliphatic rings. The molecular weight excluding hydrogens is 486 g/mol. The molecule has 2 aromatic carbocycles. The summed E-state index contributed by atoms with van der Waals surface area (Å²) in [5.41, 5.74) is 4.40. The summed E-state index contributed by atoms with van der Waals surface area (Å²) in [6.45, 7) is 1.45. The Morgan fingerprint density at radius 2 is 1.59 bits per heavy atom. The van der Waals surface area contributed by atoms with Crippen LogP contribution in [0.2, 0.25) is 0 Å². The first kappa shape index (κ1) is 26.7. The molecule has 4 rings (SSSR count). The highest BCUT2D eigenvalue weighted by molar-refractivity contribution is 8.32. The molecular formula is C29H35N3O4S. The van der Waals surface area contributed by atoms with E-state index in [0.29, 0.717) is 25.6 Å². The molecule has 0 aliphatic heterocycles. The number of ether oxygens (including phenoxy) is 3. The van der Waals surface area contributed by atoms with E-state index >= 15 is 0 Å². The lowest BCUT2D eigenvalue weighted by atomic mass is 10.1. The number of hydrogen-bond acceptors (Lipinski definition) is 6. The van der Waals surface area contributed by atoms with Gasteiger partial charge in [-0.2, -0.15) is 0 Å². The standard InChI is InChI=1S/C29H35N3O4S/c1-34-26-10-5-22(6-11-26)20-36-27-12-7-23(8-13-27)28-14-9-24(17-30-28)29-31-25(19-33)18-32(29)21-35-15-16-37(2,3)4/h5-14,17-18,33H,15-16,19-21H2,1-4H3. The van der Waals surface area contributed by atoms with Crippen LogP contribution in [0, 0.1) is 0 Å². The number of aliphatic hydroxyl groups is 1. The summed E-state index contributed by atoms with van der Waals surface area (Å²) in [7, 11) is 1.05. The molecule has 0 saturated heterocycles. The van der Waals surface area contributed by atoms with Gasteiger partial charge in [0.15, 0.2) is 0 Å². The fraction of sp³-hybridized carbons (Fsp3) is 0.310. The number of benzene rings is 2. The number of rotatable bonds is 12. The van der Waals surface area contributed by atoms with Crippen molar-refractivity contribution < 1.29 is 19.3 Å². The third-order valence-electron chi connectivity index (χ3n) is 5.80. The Morgan fingerprint density at radius 3 is 2.22 bits per heavy atom. The number of hydrogen-bond donors (Lipinski definition) is 1. The molecule has 8 heteroatoms. The topological polar surface area (TPSA) is 78.6 Å². The van der Waals surface area contributed by atoms with Gasteiger partial charge in [0.1, 0.15) is 30.7 Å². The molecule has 1 N–H and O–H groups in total. The molecule has 0 atom stereocenters. The van der Waals surface area contributed by atoms with Gasteiger partial charge < -0.3 is 23.9 Å². The minimum Gasteiger partial charge on any atom is -0.497 e. The highest BCUT2D eigenvalue weighted by Gasteiger charge is 2.12. The Balaban J connectivity index is 1.39. The molecule has 7 nitrogen and oxygen atoms in total. The number of pyridine rings is 1. The third kappa shape index (κ3) is 7.58. The number of aliphatic hydroxyl groups excluding tert-OH is 1. The van der Waals surface area contributed by atoms with E-state index in [4.69, 9.17) is 14.2 Å². The van der Waals surface area contributed by atoms with E-state index in [0.717, 1.165) is 45.5 Å². The molecule has 0 saturated carbocycles. The summed E-state index contributed by atoms with van der Waals surface area (Å²) in [5, 5.41) is 9.60. The van der Waals surface area contributed by atoms with Crippen molar-refractivity contribution in [2.24, 2.45) is 0 Å². The summed E-state index contributed by atoms with van der Waals surface area (Å²) >= 11 is 0. The summed E-state index contributed by atoms with van der Waals surface area (Å²) in [4.78, 5) is 9.23. The van der Waals surface area contributed by atoms with E-state index in [1.807, 2.05) is 77.6 Å². The number of methoxy groups -OCH3 is 1. The SMILES string of the molecule is COc1ccc(COc2ccc(-c3ccc(-c4nc(CO)cn4COCCS(C)(C)C)cn3)cc2)cc1. The van der Waals surface area contributed by atoms with Gasteiger partial charge in [0.05, 0.1) is 31.7 Å². The first-order valence-corrected chi connectivity index (χ1v) is 15.1. The molecule has 2 aromatic heterocycles. The summed E-state index contributed by atoms with van der Waals surface area (Å²) in [6.07, 6.45) is 10.5. The second kappa shape index (κ2) is 12.3. The fourth-order valence-corrected chi connectivity index (χ4v) is 4.27. The predicted molar refractivity (Wildman–Crippen MR) is 150 cm³/mol. The lowest BCUT2D eigenvalue weighted by Crippen LogP contribution is -2.10. The maximum Gasteiger partial charge on any atom is 0.143 e. The molecule has 2 heterocycles. The van der Waals surface area contributed by atoms with E-state index in [1.165, 1.54) is 0 Å². The average molecular weight is 522 g/mol. The van der Waals surface area contributed by atoms with Gasteiger partial charge in [0.2, 0.25) is 0 Å². The molecule has 196 valence electrons. The van der Waals surface area contributed by atoms with Crippen molar-refractivity contribution in [3.63, 3.8) is 0 Å². The zero-order valence-corrected chi connectivity index (χ0v) is 22.7. The Morgan fingerprint density at radius 1 is 0.892 bits per heavy atom. The van der Waals surface area contributed by atoms with Gasteiger partial charge in [-0.1, -0.05) is 12.1 Å². The number of aromatic nitrogens is 3. The Bertz CT molecular complexity index is 1260. The van der Waals surface area contributed by atoms with Gasteiger partial charge in [0.25, 0.3) is 0 Å². The van der Waals surface area contributed by atoms with E-state index < -0.39 is 10.0 Å². The molecule has 0 bridgehead atoms. The molecule has 37 heavy (non-hydrogen) atoms. The minimum absolute atomic E-state index is 0.120. The molecule has 0 fully saturated rings. The fourth-order valence-electron chi connectivity index (χ4n) is 3.65. The van der Waals surface area contributed by atoms with Crippen molar-refractivity contribution in [1.29, 1.82) is 0 Å². The Hall–Kier alpha value is -3.33. The molecule has 0 spiro atoms. The zero-order valence-electron chi connectivity index (χ0n) is 21.9. The lowest BCUT2D eigenvalue weighted by Gasteiger charge is -2.24. The van der Waals surface area contributed by atoms with Gasteiger partial charge in [0, 0.05) is 29.3 Å². The van der Waals surface area contributed by atoms with Crippen LogP contribution < -0.4 is 9.47 Å². The van der Waals surface area contributed by atoms with Crippen molar-refractivity contribution in [2.45, 2.75) is 19.9 Å². The quantitative estimate of drug-likeness (QED) is 0.253. The molecule has 0 amide bonds. The second-order valence-electron chi connectivity index (χ2n) is 9.61. The largest absolute Gasteiger partial charge is 0.497 e. The van der Waals surface area contributed by atoms with E-state index in [1.54, 1.807) is 7.11 Å². The number of nitrogens with zero attached hydrogens (tertiary/aromatic N) is 3. The monoisotopic (exact) mass is 521 g/mol. The van der Waals surface area contributed by atoms with Gasteiger partial charge in [-0.05, 0) is 72.9 Å². The number of imidazole rings is 1. The maximum absolute atomic E-state index is 9.60. The van der Waals surface area contributed by atoms with Crippen LogP contribution in [0.25, 0.3) is 22.6 Å². The first-order valence-electron chi connectivity index (χ1n) is 12.1. The molecule has 0 unspecified atom stereocenters. The van der Waals surface area contributed by atoms with Crippen molar-refractivity contribution in [1.82, 2.24) is 14.5 Å². The molecule has 4 aromatic rings. The second-order valence-corrected chi connectivity index (χ2v) is 14.2. The minimum atomic E-state index is -0.605. The Labute approximate surface area is 220 Å². The maximum atomic E-state index is 9.60. The van der Waals surface area contributed by atoms with Crippen LogP contribution in [0.3, 0.4) is 0 Å². The van der Waals surface area contributed by atoms with Crippen LogP contribution in [0.5, 0.6) is 11.5 Å². The van der Waals surface area contributed by atoms with E-state index in [9.17, 15) is 5.11 Å². The average Bonchev–Trinajstić information content (AvgIpc) is 3.33. The van der Waals surface area contributed by atoms with Crippen molar-refractivity contribution >= 4 is 10.0 Å². The van der Waals surface area contributed by atoms with Gasteiger partial charge in [-0.3, -0.25) is 4.98 Å². The van der Waals surface area contributed by atoms with Gasteiger partial charge >= 0.3 is 0 Å². The highest BCUT2D eigenvalue weighted by Crippen LogP contribution is 2.33. The Kier molecular flexibility index (Phi) is 8.87. The van der Waals surface area contributed by atoms with Crippen LogP contribution in [0.15, 0.2) is 73.1 Å². The third-order valence-corrected chi connectivity index (χ3v) is 7.19. The van der Waals surface area contributed by atoms with Crippen molar-refractivity contribution in [3.05, 3.63) is 84.3 Å². The summed E-state index contributed by atoms with van der Waals surface area (Å²) in [6, 6.07) is 19.7. The lowest BCUT2D eigenvalue weighted by molar-refractivity contribution is 0.0906. The van der Waals surface area contributed by atoms with Crippen LogP contribution in [-0.4, -0.2) is 57.9 Å². The zero-order chi connectivity index (χ0) is 26.3. The van der Waals surface area contributed by atoms with E-state index in [-0.39, 0.29) is 6.61 Å². The summed E-state index contributed by atoms with van der Waals surface area (Å²) < 4.78 is 18.9.